The highest BCUT2D eigenvalue weighted by Gasteiger charge is 2.47. The van der Waals surface area contributed by atoms with Gasteiger partial charge < -0.3 is 0 Å². The number of allylic oxidation sites excluding steroid dienone is 2. The molecule has 0 N–H and O–H groups in total. The summed E-state index contributed by atoms with van der Waals surface area (Å²) in [5.41, 5.74) is 14.0. The molecule has 0 radical (unpaired) electrons. The normalized spacial score (nSPS) is 13.6. The molecule has 6 aromatic rings. The first kappa shape index (κ1) is 29.4. The third-order valence-corrected chi connectivity index (χ3v) is 15.5. The zero-order valence-electron chi connectivity index (χ0n) is 27.3. The van der Waals surface area contributed by atoms with Crippen molar-refractivity contribution in [3.05, 3.63) is 189 Å². The van der Waals surface area contributed by atoms with E-state index in [1.165, 1.54) is 66.0 Å². The largest absolute Gasteiger partial charge is 0.172 e. The Morgan fingerprint density at radius 1 is 0.404 bits per heavy atom. The minimum atomic E-state index is -2.65. The third kappa shape index (κ3) is 4.89. The molecule has 0 spiro atoms. The maximum atomic E-state index is 2.61. The van der Waals surface area contributed by atoms with Gasteiger partial charge in [-0.2, -0.15) is 0 Å². The molecule has 0 nitrogen and oxygen atoms in total. The van der Waals surface area contributed by atoms with Gasteiger partial charge in [-0.05, 0) is 91.7 Å². The summed E-state index contributed by atoms with van der Waals surface area (Å²) in [6.45, 7) is 4.53. The van der Waals surface area contributed by atoms with E-state index in [4.69, 9.17) is 0 Å². The Bertz CT molecular complexity index is 1990. The smallest absolute Gasteiger partial charge is 0.0626 e. The van der Waals surface area contributed by atoms with Crippen LogP contribution in [0, 0.1) is 0 Å². The molecule has 6 aromatic carbocycles. The summed E-state index contributed by atoms with van der Waals surface area (Å²) >= 11 is 0. The van der Waals surface area contributed by atoms with E-state index in [0.717, 1.165) is 25.7 Å². The molecule has 0 saturated heterocycles. The van der Waals surface area contributed by atoms with Crippen LogP contribution in [-0.2, 0) is 25.7 Å². The predicted octanol–water partition coefficient (Wildman–Crippen LogP) is 10.1. The molecule has 0 fully saturated rings. The summed E-state index contributed by atoms with van der Waals surface area (Å²) in [5.74, 6) is 0. The Morgan fingerprint density at radius 3 is 1.21 bits per heavy atom. The molecule has 0 amide bonds. The van der Waals surface area contributed by atoms with Crippen molar-refractivity contribution in [1.29, 1.82) is 0 Å². The van der Waals surface area contributed by atoms with Gasteiger partial charge in [-0.1, -0.05) is 182 Å². The number of hydrogen-bond acceptors (Lipinski definition) is 0. The fourth-order valence-electron chi connectivity index (χ4n) is 8.36. The second-order valence-electron chi connectivity index (χ2n) is 13.0. The summed E-state index contributed by atoms with van der Waals surface area (Å²) in [5, 5.41) is 6.10. The second kappa shape index (κ2) is 12.3. The van der Waals surface area contributed by atoms with Gasteiger partial charge >= 0.3 is 0 Å². The van der Waals surface area contributed by atoms with E-state index in [1.807, 2.05) is 0 Å². The molecular weight excluding hydrogens is 581 g/mol. The quantitative estimate of drug-likeness (QED) is 0.149. The van der Waals surface area contributed by atoms with Crippen LogP contribution in [0.3, 0.4) is 0 Å². The topological polar surface area (TPSA) is 0 Å². The maximum Gasteiger partial charge on any atom is 0.172 e. The fourth-order valence-corrected chi connectivity index (χ4v) is 13.6. The Hall–Kier alpha value is -4.98. The van der Waals surface area contributed by atoms with Gasteiger partial charge in [0.15, 0.2) is 8.07 Å². The molecule has 2 aliphatic carbocycles. The Kier molecular flexibility index (Phi) is 7.71. The molecule has 0 unspecified atom stereocenters. The first-order chi connectivity index (χ1) is 23.2. The lowest BCUT2D eigenvalue weighted by Gasteiger charge is -2.36. The van der Waals surface area contributed by atoms with Crippen molar-refractivity contribution in [1.82, 2.24) is 0 Å². The molecule has 0 heterocycles. The number of rotatable bonds is 8. The lowest BCUT2D eigenvalue weighted by atomic mass is 9.93. The molecule has 228 valence electrons. The van der Waals surface area contributed by atoms with Crippen LogP contribution < -0.4 is 10.4 Å². The Balaban J connectivity index is 1.38. The number of fused-ring (bicyclic) bond motifs is 2. The molecular formula is C46H40Si. The average Bonchev–Trinajstić information content (AvgIpc) is 3.78. The van der Waals surface area contributed by atoms with Crippen molar-refractivity contribution < 1.29 is 0 Å². The SMILES string of the molecule is CCc1ccccc1-c1cccc2c1C=C([Si](C1=Cc3c(cccc3-c3ccccc3CC)C1)(c1ccccc1)c1ccccc1)C2. The molecule has 1 heteroatoms. The van der Waals surface area contributed by atoms with E-state index in [2.05, 4.69) is 172 Å². The van der Waals surface area contributed by atoms with Gasteiger partial charge in [0.1, 0.15) is 0 Å². The van der Waals surface area contributed by atoms with Gasteiger partial charge in [-0.15, -0.1) is 0 Å². The molecule has 2 aliphatic rings. The van der Waals surface area contributed by atoms with Crippen LogP contribution in [0.25, 0.3) is 34.4 Å². The summed E-state index contributed by atoms with van der Waals surface area (Å²) in [7, 11) is -2.65. The monoisotopic (exact) mass is 620 g/mol. The van der Waals surface area contributed by atoms with Gasteiger partial charge in [0.25, 0.3) is 0 Å². The van der Waals surface area contributed by atoms with Gasteiger partial charge in [0, 0.05) is 0 Å². The van der Waals surface area contributed by atoms with Crippen molar-refractivity contribution in [3.8, 4) is 22.3 Å². The summed E-state index contributed by atoms with van der Waals surface area (Å²) in [6, 6.07) is 54.8. The molecule has 0 bridgehead atoms. The standard InChI is InChI=1S/C46H40Si/c1-3-33-17-11-13-25-41(33)43-27-15-19-35-29-39(31-45(35)43)47(37-21-7-5-8-22-37,38-23-9-6-10-24-38)40-30-36-20-16-28-44(46(36)32-40)42-26-14-12-18-34(42)4-2/h5-28,31-32H,3-4,29-30H2,1-2H3. The molecule has 0 aromatic heterocycles. The summed E-state index contributed by atoms with van der Waals surface area (Å²) in [4.78, 5) is 0. The average molecular weight is 621 g/mol. The molecule has 0 aliphatic heterocycles. The minimum absolute atomic E-state index is 0.979. The van der Waals surface area contributed by atoms with Crippen molar-refractivity contribution in [2.24, 2.45) is 0 Å². The van der Waals surface area contributed by atoms with Crippen molar-refractivity contribution >= 4 is 30.6 Å². The van der Waals surface area contributed by atoms with Crippen LogP contribution in [-0.4, -0.2) is 8.07 Å². The zero-order valence-corrected chi connectivity index (χ0v) is 28.3. The van der Waals surface area contributed by atoms with E-state index in [-0.39, 0.29) is 0 Å². The number of aryl methyl sites for hydroxylation is 2. The van der Waals surface area contributed by atoms with Crippen molar-refractivity contribution in [2.45, 2.75) is 39.5 Å². The molecule has 8 rings (SSSR count). The fraction of sp³-hybridized carbons (Fsp3) is 0.130. The second-order valence-corrected chi connectivity index (χ2v) is 16.9. The third-order valence-electron chi connectivity index (χ3n) is 10.5. The van der Waals surface area contributed by atoms with Gasteiger partial charge in [0.05, 0.1) is 0 Å². The highest BCUT2D eigenvalue weighted by molar-refractivity contribution is 7.13. The van der Waals surface area contributed by atoms with Crippen LogP contribution in [0.2, 0.25) is 0 Å². The van der Waals surface area contributed by atoms with Crippen LogP contribution in [0.15, 0.2) is 156 Å². The number of hydrogen-bond donors (Lipinski definition) is 0. The van der Waals surface area contributed by atoms with Crippen molar-refractivity contribution in [2.75, 3.05) is 0 Å². The van der Waals surface area contributed by atoms with E-state index < -0.39 is 8.07 Å². The van der Waals surface area contributed by atoms with Crippen LogP contribution >= 0.6 is 0 Å². The Labute approximate surface area is 280 Å². The minimum Gasteiger partial charge on any atom is -0.0626 e. The highest BCUT2D eigenvalue weighted by atomic mass is 28.3. The zero-order chi connectivity index (χ0) is 31.8. The molecule has 47 heavy (non-hydrogen) atoms. The predicted molar refractivity (Wildman–Crippen MR) is 204 cm³/mol. The van der Waals surface area contributed by atoms with E-state index in [9.17, 15) is 0 Å². The van der Waals surface area contributed by atoms with Gasteiger partial charge in [-0.25, -0.2) is 0 Å². The first-order valence-corrected chi connectivity index (χ1v) is 19.2. The summed E-state index contributed by atoms with van der Waals surface area (Å²) in [6.07, 6.45) is 9.23. The van der Waals surface area contributed by atoms with Gasteiger partial charge in [-0.3, -0.25) is 0 Å². The van der Waals surface area contributed by atoms with Crippen LogP contribution in [0.4, 0.5) is 0 Å². The molecule has 0 atom stereocenters. The van der Waals surface area contributed by atoms with E-state index >= 15 is 0 Å². The van der Waals surface area contributed by atoms with Crippen LogP contribution in [0.5, 0.6) is 0 Å². The Morgan fingerprint density at radius 2 is 0.787 bits per heavy atom. The molecule has 0 saturated carbocycles. The lowest BCUT2D eigenvalue weighted by molar-refractivity contribution is 1.14. The summed E-state index contributed by atoms with van der Waals surface area (Å²) < 4.78 is 0. The first-order valence-electron chi connectivity index (χ1n) is 17.2. The maximum absolute atomic E-state index is 2.65. The van der Waals surface area contributed by atoms with Gasteiger partial charge in [0.2, 0.25) is 0 Å². The lowest BCUT2D eigenvalue weighted by Crippen LogP contribution is -2.62. The van der Waals surface area contributed by atoms with Crippen molar-refractivity contribution in [3.63, 3.8) is 0 Å². The number of benzene rings is 6. The van der Waals surface area contributed by atoms with E-state index in [1.54, 1.807) is 10.4 Å². The van der Waals surface area contributed by atoms with E-state index in [0.29, 0.717) is 0 Å². The van der Waals surface area contributed by atoms with Crippen LogP contribution in [0.1, 0.15) is 47.2 Å². The highest BCUT2D eigenvalue weighted by Crippen LogP contribution is 2.44.